The predicted molar refractivity (Wildman–Crippen MR) is 188 cm³/mol. The van der Waals surface area contributed by atoms with Crippen molar-refractivity contribution in [3.63, 3.8) is 0 Å². The molecular weight excluding hydrogens is 679 g/mol. The van der Waals surface area contributed by atoms with Gasteiger partial charge in [0.1, 0.15) is 0 Å². The van der Waals surface area contributed by atoms with Gasteiger partial charge in [-0.25, -0.2) is 0 Å². The van der Waals surface area contributed by atoms with Crippen molar-refractivity contribution in [1.29, 1.82) is 0 Å². The summed E-state index contributed by atoms with van der Waals surface area (Å²) in [6.07, 6.45) is 11.5. The van der Waals surface area contributed by atoms with Gasteiger partial charge in [0.2, 0.25) is 0 Å². The summed E-state index contributed by atoms with van der Waals surface area (Å²) in [7, 11) is 0. The van der Waals surface area contributed by atoms with E-state index in [9.17, 15) is 0 Å². The molecule has 4 aliphatic rings. The van der Waals surface area contributed by atoms with Crippen molar-refractivity contribution in [2.24, 2.45) is 11.3 Å². The van der Waals surface area contributed by atoms with E-state index < -0.39 is 21.3 Å². The van der Waals surface area contributed by atoms with Crippen molar-refractivity contribution in [3.8, 4) is 11.1 Å². The van der Waals surface area contributed by atoms with Gasteiger partial charge >= 0.3 is 275 Å². The van der Waals surface area contributed by atoms with E-state index in [1.807, 2.05) is 0 Å². The molecule has 0 radical (unpaired) electrons. The maximum atomic E-state index is 2.80. The van der Waals surface area contributed by atoms with Gasteiger partial charge in [0.15, 0.2) is 0 Å². The molecule has 4 aliphatic carbocycles. The molecule has 0 aromatic heterocycles. The second-order valence-corrected chi connectivity index (χ2v) is 21.8. The Kier molecular flexibility index (Phi) is 9.30. The minimum Gasteiger partial charge on any atom is -1.00 e. The fourth-order valence-corrected chi connectivity index (χ4v) is 17.0. The van der Waals surface area contributed by atoms with Crippen LogP contribution in [0.2, 0.25) is 0 Å². The summed E-state index contributed by atoms with van der Waals surface area (Å²) >= 11 is -2.58. The van der Waals surface area contributed by atoms with Crippen LogP contribution in [0.4, 0.5) is 0 Å². The Bertz CT molecular complexity index is 1800. The standard InChI is InChI=1S/C25H25.C11H17.C7H6.2ClH.Zr/c1-14-12-24(3,4)22-8-16-7-17-9-23-19(15(2)13-25(23,5)6)11-21(17)20(16)10-18(14)22;1-5-9-6-7-10(8-9)11(2,3)4;1-7-5-3-2-4-6-7;;;/h7-13H,1-6H3;7-9H,5H2,1-4H3;1-6H;2*1H;/q;;;;;+2/p-2. The molecule has 0 spiro atoms. The molecule has 1 atom stereocenters. The zero-order valence-corrected chi connectivity index (χ0v) is 33.2. The van der Waals surface area contributed by atoms with Crippen LogP contribution in [0.15, 0.2) is 87.8 Å². The maximum Gasteiger partial charge on any atom is -1.00 e. The smallest absolute Gasteiger partial charge is 1.00 e. The van der Waals surface area contributed by atoms with Crippen LogP contribution in [-0.2, 0) is 32.1 Å². The zero-order chi connectivity index (χ0) is 31.3. The van der Waals surface area contributed by atoms with Gasteiger partial charge in [-0.05, 0) is 0 Å². The van der Waals surface area contributed by atoms with Crippen LogP contribution in [0.3, 0.4) is 0 Å². The normalized spacial score (nSPS) is 20.0. The molecule has 46 heavy (non-hydrogen) atoms. The van der Waals surface area contributed by atoms with Crippen molar-refractivity contribution in [2.75, 3.05) is 0 Å². The average molecular weight is 727 g/mol. The molecule has 0 fully saturated rings. The Labute approximate surface area is 298 Å². The summed E-state index contributed by atoms with van der Waals surface area (Å²) in [5.41, 5.74) is 18.2. The van der Waals surface area contributed by atoms with Gasteiger partial charge in [0.25, 0.3) is 0 Å². The van der Waals surface area contributed by atoms with Gasteiger partial charge in [-0.15, -0.1) is 0 Å². The molecular formula is C43H48Cl2Zr. The number of allylic oxidation sites excluding steroid dienone is 8. The fraction of sp³-hybridized carbons (Fsp3) is 0.372. The molecule has 0 bridgehead atoms. The average Bonchev–Trinajstić information content (AvgIpc) is 3.65. The Hall–Kier alpha value is -2.05. The number of rotatable bonds is 4. The summed E-state index contributed by atoms with van der Waals surface area (Å²) in [6.45, 7) is 23.8. The van der Waals surface area contributed by atoms with Crippen molar-refractivity contribution in [3.05, 3.63) is 127 Å². The van der Waals surface area contributed by atoms with Gasteiger partial charge in [-0.2, -0.15) is 0 Å². The number of hydrogen-bond donors (Lipinski definition) is 0. The molecule has 3 aromatic rings. The predicted octanol–water partition coefficient (Wildman–Crippen LogP) is 5.52. The van der Waals surface area contributed by atoms with Crippen LogP contribution in [0.25, 0.3) is 22.3 Å². The van der Waals surface area contributed by atoms with Crippen molar-refractivity contribution >= 4 is 14.9 Å². The molecule has 3 aromatic carbocycles. The first-order chi connectivity index (χ1) is 20.7. The summed E-state index contributed by atoms with van der Waals surface area (Å²) in [6, 6.07) is 21.8. The molecule has 0 saturated heterocycles. The molecule has 0 aliphatic heterocycles. The van der Waals surface area contributed by atoms with E-state index in [2.05, 4.69) is 152 Å². The number of hydrogen-bond acceptors (Lipinski definition) is 0. The Balaban J connectivity index is 0.00000208. The molecule has 7 rings (SSSR count). The van der Waals surface area contributed by atoms with Crippen LogP contribution >= 0.6 is 0 Å². The molecule has 3 heteroatoms. The van der Waals surface area contributed by atoms with E-state index in [0.29, 0.717) is 9.54 Å². The third-order valence-electron chi connectivity index (χ3n) is 10.8. The Morgan fingerprint density at radius 2 is 1.24 bits per heavy atom. The van der Waals surface area contributed by atoms with Crippen LogP contribution in [0.1, 0.15) is 118 Å². The van der Waals surface area contributed by atoms with E-state index in [-0.39, 0.29) is 41.1 Å². The summed E-state index contributed by atoms with van der Waals surface area (Å²) in [5, 5.41) is 0. The first kappa shape index (κ1) is 35.3. The quantitative estimate of drug-likeness (QED) is 0.333. The van der Waals surface area contributed by atoms with E-state index in [0.717, 1.165) is 0 Å². The second-order valence-electron chi connectivity index (χ2n) is 16.0. The molecule has 0 N–H and O–H groups in total. The molecule has 238 valence electrons. The van der Waals surface area contributed by atoms with E-state index in [1.54, 1.807) is 14.4 Å². The second kappa shape index (κ2) is 12.1. The monoisotopic (exact) mass is 724 g/mol. The maximum absolute atomic E-state index is 2.80. The van der Waals surface area contributed by atoms with Crippen LogP contribution in [-0.4, -0.2) is 3.71 Å². The zero-order valence-electron chi connectivity index (χ0n) is 29.2. The van der Waals surface area contributed by atoms with Gasteiger partial charge in [-0.3, -0.25) is 0 Å². The Morgan fingerprint density at radius 3 is 1.70 bits per heavy atom. The molecule has 0 saturated carbocycles. The first-order valence-electron chi connectivity index (χ1n) is 16.7. The third-order valence-corrected chi connectivity index (χ3v) is 18.4. The summed E-state index contributed by atoms with van der Waals surface area (Å²) in [4.78, 5) is 0. The van der Waals surface area contributed by atoms with Crippen LogP contribution in [0, 0.1) is 11.3 Å². The summed E-state index contributed by atoms with van der Waals surface area (Å²) < 4.78 is 5.03. The SMILES string of the molecule is CCC1C=C(C(C)(C)C)C=[C]1/[Zr+2](=[CH]\c1ccccc1)[CH]1c2cc3c(cc2-c2cc4c(cc21)C(C)(C)C=C4C)C(C)=CC3(C)C.[Cl-].[Cl-]. The largest absolute Gasteiger partial charge is 1.00 e. The van der Waals surface area contributed by atoms with Crippen molar-refractivity contribution < 1.29 is 46.1 Å². The third kappa shape index (κ3) is 5.61. The number of benzene rings is 3. The van der Waals surface area contributed by atoms with Crippen molar-refractivity contribution in [2.45, 2.75) is 90.1 Å². The molecule has 0 amide bonds. The minimum absolute atomic E-state index is 0. The fourth-order valence-electron chi connectivity index (χ4n) is 8.58. The van der Waals surface area contributed by atoms with E-state index >= 15 is 0 Å². The summed E-state index contributed by atoms with van der Waals surface area (Å²) in [5.74, 6) is 0.538. The number of halogens is 2. The van der Waals surface area contributed by atoms with Gasteiger partial charge < -0.3 is 24.8 Å². The van der Waals surface area contributed by atoms with Gasteiger partial charge in [-0.1, -0.05) is 0 Å². The van der Waals surface area contributed by atoms with E-state index in [1.165, 1.54) is 62.1 Å². The minimum atomic E-state index is -2.58. The van der Waals surface area contributed by atoms with E-state index in [4.69, 9.17) is 0 Å². The molecule has 1 unspecified atom stereocenters. The Morgan fingerprint density at radius 1 is 0.739 bits per heavy atom. The molecule has 0 nitrogen and oxygen atoms in total. The van der Waals surface area contributed by atoms with Crippen molar-refractivity contribution in [1.82, 2.24) is 0 Å². The first-order valence-corrected chi connectivity index (χ1v) is 20.7. The van der Waals surface area contributed by atoms with Gasteiger partial charge in [0, 0.05) is 0 Å². The molecule has 0 heterocycles. The van der Waals surface area contributed by atoms with Crippen LogP contribution in [0.5, 0.6) is 0 Å². The van der Waals surface area contributed by atoms with Crippen LogP contribution < -0.4 is 24.8 Å². The van der Waals surface area contributed by atoms with Gasteiger partial charge in [0.05, 0.1) is 0 Å². The topological polar surface area (TPSA) is 0 Å². The number of fused-ring (bicyclic) bond motifs is 5.